The molecule has 0 N–H and O–H groups in total. The van der Waals surface area contributed by atoms with E-state index in [1.807, 2.05) is 0 Å². The Labute approximate surface area is 75.3 Å². The number of esters is 1. The Kier molecular flexibility index (Phi) is 5.22. The summed E-state index contributed by atoms with van der Waals surface area (Å²) in [5, 5.41) is 0. The van der Waals surface area contributed by atoms with Crippen molar-refractivity contribution in [2.24, 2.45) is 0 Å². The minimum Gasteiger partial charge on any atom is -0.461 e. The third-order valence-electron chi connectivity index (χ3n) is 1.14. The first kappa shape index (κ1) is 12.0. The van der Waals surface area contributed by atoms with Crippen molar-refractivity contribution in [2.75, 3.05) is 20.3 Å². The number of alkyl halides is 2. The minimum absolute atomic E-state index is 0.0367. The third-order valence-corrected chi connectivity index (χ3v) is 1.14. The number of rotatable bonds is 5. The summed E-state index contributed by atoms with van der Waals surface area (Å²) < 4.78 is 34.1. The van der Waals surface area contributed by atoms with Gasteiger partial charge in [0.05, 0.1) is 13.2 Å². The molecule has 0 saturated carbocycles. The number of ether oxygens (including phenoxy) is 2. The lowest BCUT2D eigenvalue weighted by molar-refractivity contribution is -0.164. The van der Waals surface area contributed by atoms with Crippen LogP contribution in [0.2, 0.25) is 0 Å². The SMILES string of the molecule is CCOC(=O)C(F)(F)/C=C/COC. The predicted octanol–water partition coefficient (Wildman–Crippen LogP) is 1.39. The third kappa shape index (κ3) is 4.57. The quantitative estimate of drug-likeness (QED) is 0.490. The van der Waals surface area contributed by atoms with E-state index in [0.717, 1.165) is 6.08 Å². The fourth-order valence-corrected chi connectivity index (χ4v) is 0.588. The summed E-state index contributed by atoms with van der Waals surface area (Å²) in [7, 11) is 1.37. The van der Waals surface area contributed by atoms with Gasteiger partial charge in [-0.1, -0.05) is 6.08 Å². The fourth-order valence-electron chi connectivity index (χ4n) is 0.588. The lowest BCUT2D eigenvalue weighted by atomic mass is 10.3. The Balaban J connectivity index is 4.12. The highest BCUT2D eigenvalue weighted by molar-refractivity contribution is 5.79. The van der Waals surface area contributed by atoms with Gasteiger partial charge in [0.1, 0.15) is 0 Å². The van der Waals surface area contributed by atoms with Gasteiger partial charge in [0.25, 0.3) is 0 Å². The van der Waals surface area contributed by atoms with Crippen molar-refractivity contribution in [3.05, 3.63) is 12.2 Å². The van der Waals surface area contributed by atoms with Crippen LogP contribution in [0.1, 0.15) is 6.92 Å². The van der Waals surface area contributed by atoms with Crippen LogP contribution in [0, 0.1) is 0 Å². The first-order chi connectivity index (χ1) is 6.04. The van der Waals surface area contributed by atoms with Crippen LogP contribution in [0.5, 0.6) is 0 Å². The molecule has 0 amide bonds. The van der Waals surface area contributed by atoms with Gasteiger partial charge in [-0.3, -0.25) is 0 Å². The largest absolute Gasteiger partial charge is 0.461 e. The van der Waals surface area contributed by atoms with Crippen LogP contribution in [0.15, 0.2) is 12.2 Å². The van der Waals surface area contributed by atoms with Crippen LogP contribution >= 0.6 is 0 Å². The van der Waals surface area contributed by atoms with E-state index in [9.17, 15) is 13.6 Å². The summed E-state index contributed by atoms with van der Waals surface area (Å²) in [6.07, 6.45) is 1.53. The molecule has 0 aliphatic carbocycles. The van der Waals surface area contributed by atoms with Crippen molar-refractivity contribution < 1.29 is 23.0 Å². The normalized spacial score (nSPS) is 12.0. The molecule has 0 atom stereocenters. The molecule has 3 nitrogen and oxygen atoms in total. The maximum absolute atomic E-state index is 12.7. The van der Waals surface area contributed by atoms with Gasteiger partial charge in [0.2, 0.25) is 0 Å². The van der Waals surface area contributed by atoms with Crippen LogP contribution < -0.4 is 0 Å². The molecule has 0 fully saturated rings. The molecule has 5 heteroatoms. The molecule has 0 aliphatic rings. The average molecular weight is 194 g/mol. The molecule has 0 aromatic carbocycles. The number of carbonyl (C=O) groups excluding carboxylic acids is 1. The summed E-state index contributed by atoms with van der Waals surface area (Å²) in [6.45, 7) is 1.44. The van der Waals surface area contributed by atoms with Crippen molar-refractivity contribution in [3.63, 3.8) is 0 Å². The summed E-state index contributed by atoms with van der Waals surface area (Å²) in [5.41, 5.74) is 0. The Morgan fingerprint density at radius 3 is 2.62 bits per heavy atom. The Morgan fingerprint density at radius 2 is 2.15 bits per heavy atom. The van der Waals surface area contributed by atoms with E-state index in [2.05, 4.69) is 9.47 Å². The number of carbonyl (C=O) groups is 1. The molecule has 0 rings (SSSR count). The van der Waals surface area contributed by atoms with Crippen molar-refractivity contribution in [2.45, 2.75) is 12.8 Å². The van der Waals surface area contributed by atoms with E-state index in [4.69, 9.17) is 0 Å². The Hall–Kier alpha value is -0.970. The van der Waals surface area contributed by atoms with Gasteiger partial charge in [-0.25, -0.2) is 4.79 Å². The molecule has 0 bridgehead atoms. The van der Waals surface area contributed by atoms with Gasteiger partial charge in [0, 0.05) is 7.11 Å². The molecule has 0 spiro atoms. The highest BCUT2D eigenvalue weighted by Gasteiger charge is 2.37. The van der Waals surface area contributed by atoms with E-state index in [1.54, 1.807) is 0 Å². The summed E-state index contributed by atoms with van der Waals surface area (Å²) in [6, 6.07) is 0. The van der Waals surface area contributed by atoms with Crippen LogP contribution in [0.25, 0.3) is 0 Å². The Morgan fingerprint density at radius 1 is 1.54 bits per heavy atom. The van der Waals surface area contributed by atoms with Gasteiger partial charge in [-0.05, 0) is 13.0 Å². The molecule has 13 heavy (non-hydrogen) atoms. The van der Waals surface area contributed by atoms with Crippen molar-refractivity contribution in [1.29, 1.82) is 0 Å². The summed E-state index contributed by atoms with van der Waals surface area (Å²) >= 11 is 0. The maximum atomic E-state index is 12.7. The minimum atomic E-state index is -3.56. The van der Waals surface area contributed by atoms with E-state index < -0.39 is 11.9 Å². The molecule has 0 unspecified atom stereocenters. The zero-order valence-electron chi connectivity index (χ0n) is 7.55. The summed E-state index contributed by atoms with van der Waals surface area (Å²) in [5.74, 6) is -5.10. The lowest BCUT2D eigenvalue weighted by Crippen LogP contribution is -2.28. The topological polar surface area (TPSA) is 35.5 Å². The van der Waals surface area contributed by atoms with Crippen LogP contribution in [-0.4, -0.2) is 32.2 Å². The van der Waals surface area contributed by atoms with Gasteiger partial charge in [0.15, 0.2) is 0 Å². The van der Waals surface area contributed by atoms with Gasteiger partial charge in [-0.2, -0.15) is 8.78 Å². The molecular weight excluding hydrogens is 182 g/mol. The van der Waals surface area contributed by atoms with E-state index in [-0.39, 0.29) is 13.2 Å². The van der Waals surface area contributed by atoms with Crippen LogP contribution in [0.3, 0.4) is 0 Å². The fraction of sp³-hybridized carbons (Fsp3) is 0.625. The van der Waals surface area contributed by atoms with Crippen molar-refractivity contribution >= 4 is 5.97 Å². The molecule has 0 saturated heterocycles. The molecule has 0 aliphatic heterocycles. The second-order valence-corrected chi connectivity index (χ2v) is 2.20. The highest BCUT2D eigenvalue weighted by Crippen LogP contribution is 2.17. The second-order valence-electron chi connectivity index (χ2n) is 2.20. The highest BCUT2D eigenvalue weighted by atomic mass is 19.3. The first-order valence-corrected chi connectivity index (χ1v) is 3.76. The molecule has 0 heterocycles. The maximum Gasteiger partial charge on any atom is 0.381 e. The zero-order chi connectivity index (χ0) is 10.3. The van der Waals surface area contributed by atoms with E-state index >= 15 is 0 Å². The number of methoxy groups -OCH3 is 1. The molecule has 0 aromatic heterocycles. The standard InChI is InChI=1S/C8H12F2O3/c1-3-13-7(11)8(9,10)5-4-6-12-2/h4-5H,3,6H2,1-2H3/b5-4+. The molecule has 0 radical (unpaired) electrons. The average Bonchev–Trinajstić information content (AvgIpc) is 2.05. The number of halogens is 2. The smallest absolute Gasteiger partial charge is 0.381 e. The van der Waals surface area contributed by atoms with Gasteiger partial charge in [-0.15, -0.1) is 0 Å². The molecule has 76 valence electrons. The second kappa shape index (κ2) is 5.64. The van der Waals surface area contributed by atoms with Crippen molar-refractivity contribution in [3.8, 4) is 0 Å². The summed E-state index contributed by atoms with van der Waals surface area (Å²) in [4.78, 5) is 10.6. The lowest BCUT2D eigenvalue weighted by Gasteiger charge is -2.09. The zero-order valence-corrected chi connectivity index (χ0v) is 7.55. The van der Waals surface area contributed by atoms with E-state index in [1.165, 1.54) is 14.0 Å². The number of hydrogen-bond donors (Lipinski definition) is 0. The van der Waals surface area contributed by atoms with Gasteiger partial charge < -0.3 is 9.47 Å². The Bertz CT molecular complexity index is 190. The monoisotopic (exact) mass is 194 g/mol. The predicted molar refractivity (Wildman–Crippen MR) is 42.6 cm³/mol. The molecule has 0 aromatic rings. The number of hydrogen-bond acceptors (Lipinski definition) is 3. The first-order valence-electron chi connectivity index (χ1n) is 3.76. The van der Waals surface area contributed by atoms with Crippen LogP contribution in [-0.2, 0) is 14.3 Å². The van der Waals surface area contributed by atoms with E-state index in [0.29, 0.717) is 6.08 Å². The van der Waals surface area contributed by atoms with Crippen molar-refractivity contribution in [1.82, 2.24) is 0 Å². The van der Waals surface area contributed by atoms with Crippen LogP contribution in [0.4, 0.5) is 8.78 Å². The van der Waals surface area contributed by atoms with Gasteiger partial charge >= 0.3 is 11.9 Å². The molecular formula is C8H12F2O3.